The summed E-state index contributed by atoms with van der Waals surface area (Å²) in [7, 11) is 0. The summed E-state index contributed by atoms with van der Waals surface area (Å²) >= 11 is 0. The van der Waals surface area contributed by atoms with E-state index in [1.807, 2.05) is 0 Å². The molecule has 0 unspecified atom stereocenters. The van der Waals surface area contributed by atoms with Gasteiger partial charge in [0.15, 0.2) is 0 Å². The van der Waals surface area contributed by atoms with Gasteiger partial charge in [0.2, 0.25) is 0 Å². The summed E-state index contributed by atoms with van der Waals surface area (Å²) in [6.07, 6.45) is 13.7. The maximum atomic E-state index is 2.67. The molecule has 550 valence electrons. The van der Waals surface area contributed by atoms with E-state index in [0.717, 1.165) is 116 Å². The lowest BCUT2D eigenvalue weighted by atomic mass is 9.33. The van der Waals surface area contributed by atoms with Crippen molar-refractivity contribution in [3.63, 3.8) is 0 Å². The third kappa shape index (κ3) is 11.7. The van der Waals surface area contributed by atoms with Crippen LogP contribution in [0.5, 0.6) is 0 Å². The molecule has 4 nitrogen and oxygen atoms in total. The Hall–Kier alpha value is -12.2. The molecule has 14 aromatic carbocycles. The zero-order valence-corrected chi connectivity index (χ0v) is 67.1. The highest BCUT2D eigenvalue weighted by Gasteiger charge is 2.46. The van der Waals surface area contributed by atoms with Gasteiger partial charge in [0.25, 0.3) is 6.71 Å². The number of benzene rings is 14. The van der Waals surface area contributed by atoms with Gasteiger partial charge in [-0.1, -0.05) is 330 Å². The summed E-state index contributed by atoms with van der Waals surface area (Å²) in [5.41, 5.74) is 40.6. The Morgan fingerprint density at radius 2 is 0.611 bits per heavy atom. The summed E-state index contributed by atoms with van der Waals surface area (Å²) in [5, 5.41) is 5.57. The van der Waals surface area contributed by atoms with Crippen LogP contribution in [0.4, 0.5) is 68.2 Å². The molecule has 0 aromatic heterocycles. The molecule has 0 saturated carbocycles. The number of rotatable bonds is 11. The van der Waals surface area contributed by atoms with Gasteiger partial charge < -0.3 is 19.6 Å². The number of hydrogen-bond acceptors (Lipinski definition) is 4. The quantitative estimate of drug-likeness (QED) is 0.120. The van der Waals surface area contributed by atoms with Crippen molar-refractivity contribution in [3.8, 4) is 33.4 Å². The molecule has 0 atom stereocenters. The first-order chi connectivity index (χ1) is 54.6. The monoisotopic (exact) mass is 1460 g/mol. The SMILES string of the molecule is CC(C)(C)C1=Cc2cc(N(c3ccccc3)c3ccc4c(c3)N(c3ccccc3-c3ccccc3)c3cc(-c5ccccc5)cc5c3B4c3ccc(N(c4ccccc4)c4cc6c7c(ccc8c7c4CC(C(C)(C)C)=C8)CC(C(C)(C)C)=C6)cc3N5c3ccccc3-c3ccccc3)c3c4c(ccc(c24)C1)C=C(C(C)(C)C)C3. The molecule has 113 heavy (non-hydrogen) atoms. The predicted molar refractivity (Wildman–Crippen MR) is 486 cm³/mol. The van der Waals surface area contributed by atoms with Crippen LogP contribution in [0.1, 0.15) is 128 Å². The zero-order valence-electron chi connectivity index (χ0n) is 67.1. The van der Waals surface area contributed by atoms with Crippen LogP contribution >= 0.6 is 0 Å². The van der Waals surface area contributed by atoms with Gasteiger partial charge in [-0.15, -0.1) is 0 Å². The third-order valence-corrected chi connectivity index (χ3v) is 25.3. The van der Waals surface area contributed by atoms with E-state index in [0.29, 0.717) is 0 Å². The van der Waals surface area contributed by atoms with E-state index in [1.54, 1.807) is 0 Å². The Morgan fingerprint density at radius 3 is 1.00 bits per heavy atom. The van der Waals surface area contributed by atoms with Crippen LogP contribution in [0.15, 0.2) is 307 Å². The lowest BCUT2D eigenvalue weighted by Crippen LogP contribution is -2.61. The van der Waals surface area contributed by atoms with Crippen molar-refractivity contribution in [1.82, 2.24) is 0 Å². The third-order valence-electron chi connectivity index (χ3n) is 25.3. The topological polar surface area (TPSA) is 13.0 Å². The normalized spacial score (nSPS) is 14.6. The van der Waals surface area contributed by atoms with E-state index in [4.69, 9.17) is 0 Å². The van der Waals surface area contributed by atoms with E-state index in [9.17, 15) is 0 Å². The molecule has 2 heterocycles. The molecule has 0 bridgehead atoms. The summed E-state index contributed by atoms with van der Waals surface area (Å²) < 4.78 is 0. The zero-order chi connectivity index (χ0) is 77.1. The minimum atomic E-state index is -0.242. The Morgan fingerprint density at radius 1 is 0.265 bits per heavy atom. The van der Waals surface area contributed by atoms with Crippen LogP contribution in [0, 0.1) is 21.7 Å². The number of para-hydroxylation sites is 4. The number of nitrogens with zero attached hydrogens (tertiary/aromatic N) is 4. The van der Waals surface area contributed by atoms with Crippen LogP contribution in [0.2, 0.25) is 0 Å². The van der Waals surface area contributed by atoms with Crippen LogP contribution in [-0.4, -0.2) is 6.71 Å². The molecule has 0 radical (unpaired) electrons. The van der Waals surface area contributed by atoms with Crippen LogP contribution in [-0.2, 0) is 25.7 Å². The van der Waals surface area contributed by atoms with Crippen molar-refractivity contribution in [2.45, 2.75) is 109 Å². The molecule has 4 aliphatic carbocycles. The summed E-state index contributed by atoms with van der Waals surface area (Å²) in [6.45, 7) is 28.4. The van der Waals surface area contributed by atoms with Crippen LogP contribution < -0.4 is 36.0 Å². The Bertz CT molecular complexity index is 6020. The number of fused-ring (bicyclic) bond motifs is 4. The number of anilines is 12. The van der Waals surface area contributed by atoms with Gasteiger partial charge in [-0.3, -0.25) is 0 Å². The van der Waals surface area contributed by atoms with E-state index < -0.39 is 0 Å². The van der Waals surface area contributed by atoms with Gasteiger partial charge in [0.05, 0.1) is 22.7 Å². The van der Waals surface area contributed by atoms with Crippen LogP contribution in [0.25, 0.3) is 79.2 Å². The van der Waals surface area contributed by atoms with Gasteiger partial charge in [-0.2, -0.15) is 0 Å². The van der Waals surface area contributed by atoms with Gasteiger partial charge in [0, 0.05) is 56.6 Å². The molecule has 2 aliphatic heterocycles. The second-order valence-corrected chi connectivity index (χ2v) is 36.4. The lowest BCUT2D eigenvalue weighted by Gasteiger charge is -2.46. The fourth-order valence-corrected chi connectivity index (χ4v) is 19.3. The number of hydrogen-bond donors (Lipinski definition) is 0. The van der Waals surface area contributed by atoms with Gasteiger partial charge >= 0.3 is 0 Å². The molecule has 6 aliphatic rings. The molecular weight excluding hydrogens is 1360 g/mol. The fraction of sp³-hybridized carbons (Fsp3) is 0.185. The second-order valence-electron chi connectivity index (χ2n) is 36.4. The first-order valence-corrected chi connectivity index (χ1v) is 40.8. The molecule has 0 saturated heterocycles. The van der Waals surface area contributed by atoms with Gasteiger partial charge in [-0.05, 0) is 237 Å². The predicted octanol–water partition coefficient (Wildman–Crippen LogP) is 28.0. The van der Waals surface area contributed by atoms with E-state index in [-0.39, 0.29) is 28.4 Å². The lowest BCUT2D eigenvalue weighted by molar-refractivity contribution is 0.494. The van der Waals surface area contributed by atoms with Gasteiger partial charge in [0.1, 0.15) is 0 Å². The summed E-state index contributed by atoms with van der Waals surface area (Å²) in [4.78, 5) is 10.6. The number of allylic oxidation sites excluding steroid dienone is 4. The van der Waals surface area contributed by atoms with Crippen molar-refractivity contribution in [2.24, 2.45) is 21.7 Å². The van der Waals surface area contributed by atoms with Crippen molar-refractivity contribution in [1.29, 1.82) is 0 Å². The van der Waals surface area contributed by atoms with Crippen LogP contribution in [0.3, 0.4) is 0 Å². The van der Waals surface area contributed by atoms with Crippen molar-refractivity contribution in [3.05, 3.63) is 352 Å². The Kier molecular flexibility index (Phi) is 16.2. The minimum absolute atomic E-state index is 0.0194. The average molecular weight is 1460 g/mol. The Balaban J connectivity index is 0.894. The van der Waals surface area contributed by atoms with E-state index >= 15 is 0 Å². The average Bonchev–Trinajstić information content (AvgIpc) is 0.671. The van der Waals surface area contributed by atoms with E-state index in [1.165, 1.54) is 116 Å². The summed E-state index contributed by atoms with van der Waals surface area (Å²) in [6, 6.07) is 109. The fourth-order valence-electron chi connectivity index (χ4n) is 19.3. The highest BCUT2D eigenvalue weighted by atomic mass is 15.2. The van der Waals surface area contributed by atoms with Crippen molar-refractivity contribution >= 4 is 137 Å². The minimum Gasteiger partial charge on any atom is -0.311 e. The maximum Gasteiger partial charge on any atom is 0.252 e. The molecular formula is C108H95BN4. The maximum absolute atomic E-state index is 2.67. The smallest absolute Gasteiger partial charge is 0.252 e. The highest BCUT2D eigenvalue weighted by molar-refractivity contribution is 7.00. The Labute approximate surface area is 668 Å². The second kappa shape index (κ2) is 26.2. The molecule has 0 fully saturated rings. The first-order valence-electron chi connectivity index (χ1n) is 40.8. The largest absolute Gasteiger partial charge is 0.311 e. The molecule has 0 spiro atoms. The van der Waals surface area contributed by atoms with Gasteiger partial charge in [-0.25, -0.2) is 0 Å². The van der Waals surface area contributed by atoms with E-state index in [2.05, 4.69) is 412 Å². The molecule has 14 aromatic rings. The highest BCUT2D eigenvalue weighted by Crippen LogP contribution is 2.57. The summed E-state index contributed by atoms with van der Waals surface area (Å²) in [5.74, 6) is 0. The molecule has 0 N–H and O–H groups in total. The molecule has 0 amide bonds. The standard InChI is InChI=1S/C108H95BN4/c1-105(2,3)78-54-71-46-48-73-56-80(107(7,8)9)64-88-94(62-76(58-78)100(71)102(73)88)110(82-38-24-16-25-39-82)84-50-52-90-96(66-84)112(92-44-30-28-42-86(92)69-34-20-14-21-35-69)98-60-75(68-32-18-13-19-33-68)61-99-104(98)109(90)91-53-51-85(67-97(91)113(99)93-45-31-29-43-87(93)70-36-22-15-23-37-70)111(83-40-26-17-27-41-83)95-63-77-59-79(106(4,5)6)55-72-47-49-74-57-81(108(10,11)12)65-89(95)103(74)101(72)77/h13-53,56-63,66-67H,54-55,64-65H2,1-12H3. The molecule has 20 rings (SSSR count). The molecule has 5 heteroatoms. The van der Waals surface area contributed by atoms with Crippen molar-refractivity contribution < 1.29 is 0 Å². The van der Waals surface area contributed by atoms with Crippen molar-refractivity contribution in [2.75, 3.05) is 19.6 Å². The first kappa shape index (κ1) is 70.0.